The number of fused-ring (bicyclic) bond motifs is 2. The Balaban J connectivity index is 1.67. The molecule has 3 aliphatic heterocycles. The van der Waals surface area contributed by atoms with E-state index in [1.165, 1.54) is 6.07 Å². The number of hydrogen-bond donors (Lipinski definition) is 3. The van der Waals surface area contributed by atoms with E-state index in [4.69, 9.17) is 23.2 Å². The second-order valence-electron chi connectivity index (χ2n) is 12.3. The van der Waals surface area contributed by atoms with Crippen LogP contribution in [0, 0.1) is 11.2 Å². The number of amides is 2. The molecule has 9 heteroatoms. The summed E-state index contributed by atoms with van der Waals surface area (Å²) >= 11 is 12.6. The molecule has 38 heavy (non-hydrogen) atoms. The molecule has 4 atom stereocenters. The second kappa shape index (κ2) is 10.2. The average molecular weight is 576 g/mol. The Kier molecular flexibility index (Phi) is 7.44. The minimum absolute atomic E-state index is 0.0317. The lowest BCUT2D eigenvalue weighted by atomic mass is 9.62. The van der Waals surface area contributed by atoms with Gasteiger partial charge in [-0.2, -0.15) is 0 Å². The highest BCUT2D eigenvalue weighted by Gasteiger charge is 2.66. The lowest BCUT2D eigenvalue weighted by Crippen LogP contribution is -2.50. The highest BCUT2D eigenvalue weighted by molar-refractivity contribution is 6.57. The van der Waals surface area contributed by atoms with Gasteiger partial charge in [0.15, 0.2) is 0 Å². The molecule has 2 aromatic carbocycles. The van der Waals surface area contributed by atoms with E-state index >= 15 is 4.39 Å². The van der Waals surface area contributed by atoms with Crippen molar-refractivity contribution >= 4 is 49.5 Å². The quantitative estimate of drug-likeness (QED) is 0.376. The van der Waals surface area contributed by atoms with Crippen molar-refractivity contribution in [3.8, 4) is 0 Å². The van der Waals surface area contributed by atoms with E-state index in [1.807, 2.05) is 6.07 Å². The van der Waals surface area contributed by atoms with Crippen LogP contribution in [0.15, 0.2) is 36.4 Å². The summed E-state index contributed by atoms with van der Waals surface area (Å²) in [5, 5.41) is 10.3. The molecule has 0 unspecified atom stereocenters. The van der Waals surface area contributed by atoms with E-state index < -0.39 is 29.2 Å². The Morgan fingerprint density at radius 3 is 2.58 bits per heavy atom. The minimum Gasteiger partial charge on any atom is -0.352 e. The van der Waals surface area contributed by atoms with Crippen LogP contribution in [0.25, 0.3) is 0 Å². The molecular formula is C29H35Cl2FN3O2Si. The number of carbonyl (C=O) groups is 2. The van der Waals surface area contributed by atoms with Gasteiger partial charge in [0.25, 0.3) is 0 Å². The van der Waals surface area contributed by atoms with Gasteiger partial charge in [-0.15, -0.1) is 0 Å². The summed E-state index contributed by atoms with van der Waals surface area (Å²) < 4.78 is 15.8. The van der Waals surface area contributed by atoms with Gasteiger partial charge in [-0.25, -0.2) is 4.39 Å². The molecule has 0 aromatic heterocycles. The van der Waals surface area contributed by atoms with Gasteiger partial charge in [0.2, 0.25) is 11.8 Å². The first-order chi connectivity index (χ1) is 17.9. The molecule has 1 spiro atoms. The second-order valence-corrected chi connectivity index (χ2v) is 16.1. The molecule has 5 nitrogen and oxygen atoms in total. The van der Waals surface area contributed by atoms with Crippen molar-refractivity contribution in [2.45, 2.75) is 88.1 Å². The van der Waals surface area contributed by atoms with Crippen molar-refractivity contribution < 1.29 is 14.0 Å². The molecular weight excluding hydrogens is 540 g/mol. The van der Waals surface area contributed by atoms with Gasteiger partial charge in [0.05, 0.1) is 11.1 Å². The van der Waals surface area contributed by atoms with Crippen LogP contribution in [0.3, 0.4) is 0 Å². The van der Waals surface area contributed by atoms with Crippen LogP contribution in [-0.2, 0) is 15.0 Å². The van der Waals surface area contributed by atoms with Crippen LogP contribution in [0.4, 0.5) is 10.1 Å². The third kappa shape index (κ3) is 4.80. The zero-order chi connectivity index (χ0) is 27.4. The van der Waals surface area contributed by atoms with Crippen LogP contribution in [0.1, 0.15) is 57.1 Å². The molecule has 1 radical (unpaired) electrons. The zero-order valence-electron chi connectivity index (χ0n) is 22.3. The van der Waals surface area contributed by atoms with Crippen LogP contribution in [-0.4, -0.2) is 38.7 Å². The third-order valence-electron chi connectivity index (χ3n) is 8.41. The standard InChI is InChI=1S/C29H35Cl2FN3O2Si/c1-28(2,3)15-22-29(19-9-8-16(30)14-21(19)34-27(29)37)23(18-6-5-7-20(31)24(18)32)25(35-22)26(36)33-17-10-12-38(4)13-11-17/h5-9,14,17,22-23,25,35H,10-13,15H2,1-4H3,(H,33,36)(H,34,37)/t22-,23-,25+,29+/m0/s1. The Morgan fingerprint density at radius 1 is 1.18 bits per heavy atom. The number of anilines is 1. The van der Waals surface area contributed by atoms with Crippen LogP contribution < -0.4 is 16.0 Å². The Hall–Kier alpha value is -1.93. The van der Waals surface area contributed by atoms with Crippen molar-refractivity contribution in [3.05, 3.63) is 63.4 Å². The fraction of sp³-hybridized carbons (Fsp3) is 0.517. The summed E-state index contributed by atoms with van der Waals surface area (Å²) in [6.45, 7) is 8.65. The topological polar surface area (TPSA) is 70.2 Å². The number of carbonyl (C=O) groups excluding carboxylic acids is 2. The fourth-order valence-electron chi connectivity index (χ4n) is 6.70. The molecule has 0 saturated carbocycles. The van der Waals surface area contributed by atoms with Gasteiger partial charge in [0, 0.05) is 37.5 Å². The van der Waals surface area contributed by atoms with Gasteiger partial charge < -0.3 is 16.0 Å². The van der Waals surface area contributed by atoms with Crippen molar-refractivity contribution in [3.63, 3.8) is 0 Å². The van der Waals surface area contributed by atoms with Crippen LogP contribution in [0.2, 0.25) is 28.7 Å². The van der Waals surface area contributed by atoms with Gasteiger partial charge in [-0.3, -0.25) is 9.59 Å². The van der Waals surface area contributed by atoms with Crippen molar-refractivity contribution in [2.24, 2.45) is 5.41 Å². The highest BCUT2D eigenvalue weighted by Crippen LogP contribution is 2.57. The maximum Gasteiger partial charge on any atom is 0.238 e. The van der Waals surface area contributed by atoms with Gasteiger partial charge in [-0.1, -0.05) is 80.8 Å². The summed E-state index contributed by atoms with van der Waals surface area (Å²) in [6.07, 6.45) is 2.51. The largest absolute Gasteiger partial charge is 0.352 e. The molecule has 3 N–H and O–H groups in total. The monoisotopic (exact) mass is 574 g/mol. The molecule has 2 aromatic rings. The predicted octanol–water partition coefficient (Wildman–Crippen LogP) is 6.29. The molecule has 0 aliphatic carbocycles. The predicted molar refractivity (Wildman–Crippen MR) is 153 cm³/mol. The molecule has 3 heterocycles. The smallest absolute Gasteiger partial charge is 0.238 e. The zero-order valence-corrected chi connectivity index (χ0v) is 24.8. The van der Waals surface area contributed by atoms with E-state index in [9.17, 15) is 9.59 Å². The maximum atomic E-state index is 15.8. The first-order valence-electron chi connectivity index (χ1n) is 13.3. The van der Waals surface area contributed by atoms with Crippen molar-refractivity contribution in [2.75, 3.05) is 5.32 Å². The van der Waals surface area contributed by atoms with Crippen LogP contribution >= 0.6 is 23.2 Å². The number of rotatable bonds is 4. The maximum absolute atomic E-state index is 15.8. The Morgan fingerprint density at radius 2 is 1.89 bits per heavy atom. The third-order valence-corrected chi connectivity index (χ3v) is 11.2. The van der Waals surface area contributed by atoms with E-state index in [0.29, 0.717) is 17.1 Å². The van der Waals surface area contributed by atoms with Gasteiger partial charge in [0.1, 0.15) is 11.2 Å². The summed E-state index contributed by atoms with van der Waals surface area (Å²) in [4.78, 5) is 28.2. The molecule has 5 rings (SSSR count). The lowest BCUT2D eigenvalue weighted by molar-refractivity contribution is -0.124. The Labute approximate surface area is 235 Å². The molecule has 0 bridgehead atoms. The summed E-state index contributed by atoms with van der Waals surface area (Å²) in [7, 11) is -0.328. The first-order valence-corrected chi connectivity index (χ1v) is 16.5. The number of nitrogens with one attached hydrogen (secondary N) is 3. The molecule has 3 aliphatic rings. The van der Waals surface area contributed by atoms with E-state index in [2.05, 4.69) is 43.3 Å². The number of benzene rings is 2. The lowest BCUT2D eigenvalue weighted by Gasteiger charge is -2.38. The number of hydrogen-bond acceptors (Lipinski definition) is 3. The molecule has 203 valence electrons. The SMILES string of the molecule is C[Si]1CCC(NC(=O)[C@@H]2N[C@@H](CC(C)(C)C)[C@@]3(C(=O)Nc4cc(Cl)ccc43)[C@H]2c2cccc(Cl)c2F)CC1. The summed E-state index contributed by atoms with van der Waals surface area (Å²) in [5.74, 6) is -1.87. The average Bonchev–Trinajstić information content (AvgIpc) is 3.31. The summed E-state index contributed by atoms with van der Waals surface area (Å²) in [5.41, 5.74) is 0.187. The molecule has 2 fully saturated rings. The molecule has 2 saturated heterocycles. The van der Waals surface area contributed by atoms with E-state index in [1.54, 1.807) is 24.3 Å². The van der Waals surface area contributed by atoms with E-state index in [0.717, 1.165) is 30.5 Å². The highest BCUT2D eigenvalue weighted by atomic mass is 35.5. The van der Waals surface area contributed by atoms with Crippen LogP contribution in [0.5, 0.6) is 0 Å². The number of halogens is 3. The van der Waals surface area contributed by atoms with Crippen molar-refractivity contribution in [1.29, 1.82) is 0 Å². The molecule has 2 amide bonds. The van der Waals surface area contributed by atoms with E-state index in [-0.39, 0.29) is 42.7 Å². The van der Waals surface area contributed by atoms with Gasteiger partial charge in [-0.05, 0) is 54.0 Å². The Bertz CT molecular complexity index is 1260. The van der Waals surface area contributed by atoms with Crippen molar-refractivity contribution in [1.82, 2.24) is 10.6 Å². The normalized spacial score (nSPS) is 28.0. The fourth-order valence-corrected chi connectivity index (χ4v) is 8.98. The van der Waals surface area contributed by atoms with Gasteiger partial charge >= 0.3 is 0 Å². The first kappa shape index (κ1) is 27.6. The minimum atomic E-state index is -1.23. The summed E-state index contributed by atoms with van der Waals surface area (Å²) in [6, 6.07) is 11.3.